The third-order valence-electron chi connectivity index (χ3n) is 4.85. The Bertz CT molecular complexity index is 820. The predicted octanol–water partition coefficient (Wildman–Crippen LogP) is 5.10. The van der Waals surface area contributed by atoms with Gasteiger partial charge in [-0.2, -0.15) is 0 Å². The standard InChI is InChI=1S/C21H28Cl2N2O3.HNO3/c1-2-3-4-5-6-11-26-13-18-14-27-21(28-18,15-25-10-9-24-16-25)19-8-7-17(22)12-20(19)23;2-1(3)4/h7-10,12,16,18H,2-6,11,13-15H2,1H3;(H,2,3,4)/t18-,21-;/m1./s1. The van der Waals surface area contributed by atoms with E-state index in [4.69, 9.17) is 52.7 Å². The molecule has 1 saturated heterocycles. The monoisotopic (exact) mass is 489 g/mol. The largest absolute Gasteiger partial charge is 0.379 e. The molecule has 9 nitrogen and oxygen atoms in total. The van der Waals surface area contributed by atoms with Crippen LogP contribution >= 0.6 is 23.2 Å². The van der Waals surface area contributed by atoms with Gasteiger partial charge in [0.25, 0.3) is 5.09 Å². The normalized spacial score (nSPS) is 20.0. The minimum absolute atomic E-state index is 0.147. The van der Waals surface area contributed by atoms with Crippen LogP contribution in [0.1, 0.15) is 44.6 Å². The number of benzene rings is 1. The van der Waals surface area contributed by atoms with Crippen molar-refractivity contribution in [3.05, 3.63) is 62.6 Å². The molecule has 0 saturated carbocycles. The van der Waals surface area contributed by atoms with Crippen molar-refractivity contribution in [2.24, 2.45) is 0 Å². The Labute approximate surface area is 197 Å². The van der Waals surface area contributed by atoms with E-state index in [0.717, 1.165) is 18.6 Å². The predicted molar refractivity (Wildman–Crippen MR) is 120 cm³/mol. The summed E-state index contributed by atoms with van der Waals surface area (Å²) in [6.45, 7) is 4.37. The van der Waals surface area contributed by atoms with Crippen molar-refractivity contribution in [3.8, 4) is 0 Å². The van der Waals surface area contributed by atoms with Gasteiger partial charge in [-0.05, 0) is 18.6 Å². The van der Waals surface area contributed by atoms with Gasteiger partial charge in [0.1, 0.15) is 6.10 Å². The summed E-state index contributed by atoms with van der Waals surface area (Å²) in [5.74, 6) is -0.989. The molecule has 1 fully saturated rings. The van der Waals surface area contributed by atoms with Gasteiger partial charge < -0.3 is 24.0 Å². The number of hydrogen-bond donors (Lipinski definition) is 1. The van der Waals surface area contributed by atoms with Gasteiger partial charge in [0, 0.05) is 29.6 Å². The maximum absolute atomic E-state index is 8.36. The van der Waals surface area contributed by atoms with E-state index in [1.54, 1.807) is 24.7 Å². The molecule has 32 heavy (non-hydrogen) atoms. The van der Waals surface area contributed by atoms with E-state index < -0.39 is 10.9 Å². The van der Waals surface area contributed by atoms with Gasteiger partial charge in [0.15, 0.2) is 0 Å². The average molecular weight is 490 g/mol. The van der Waals surface area contributed by atoms with Crippen LogP contribution in [-0.4, -0.2) is 45.8 Å². The molecular weight excluding hydrogens is 461 g/mol. The molecule has 0 radical (unpaired) electrons. The average Bonchev–Trinajstić information content (AvgIpc) is 3.38. The number of halogens is 2. The van der Waals surface area contributed by atoms with E-state index in [1.165, 1.54) is 25.7 Å². The lowest BCUT2D eigenvalue weighted by Crippen LogP contribution is -2.34. The SMILES string of the molecule is CCCCCCCOC[C@@H]1CO[C@@](Cn2ccnc2)(c2ccc(Cl)cc2Cl)O1.O=[N+]([O-])O. The Morgan fingerprint density at radius 2 is 2.09 bits per heavy atom. The first-order chi connectivity index (χ1) is 15.4. The van der Waals surface area contributed by atoms with Gasteiger partial charge in [-0.15, -0.1) is 10.1 Å². The molecule has 2 heterocycles. The smallest absolute Gasteiger partial charge is 0.291 e. The molecule has 1 aliphatic rings. The molecule has 0 aliphatic carbocycles. The Kier molecular flexibility index (Phi) is 11.2. The molecule has 0 bridgehead atoms. The van der Waals surface area contributed by atoms with Crippen molar-refractivity contribution in [3.63, 3.8) is 0 Å². The fraction of sp³-hybridized carbons (Fsp3) is 0.571. The zero-order valence-electron chi connectivity index (χ0n) is 18.0. The van der Waals surface area contributed by atoms with Crippen molar-refractivity contribution in [2.45, 2.75) is 57.5 Å². The molecule has 1 aliphatic heterocycles. The Morgan fingerprint density at radius 1 is 1.34 bits per heavy atom. The Morgan fingerprint density at radius 3 is 2.75 bits per heavy atom. The highest BCUT2D eigenvalue weighted by Gasteiger charge is 2.45. The summed E-state index contributed by atoms with van der Waals surface area (Å²) in [7, 11) is 0. The van der Waals surface area contributed by atoms with Crippen LogP contribution in [0.15, 0.2) is 36.9 Å². The van der Waals surface area contributed by atoms with E-state index in [-0.39, 0.29) is 6.10 Å². The van der Waals surface area contributed by atoms with Gasteiger partial charge in [0.05, 0.1) is 31.1 Å². The lowest BCUT2D eigenvalue weighted by Gasteiger charge is -2.30. The van der Waals surface area contributed by atoms with Crippen LogP contribution in [0.4, 0.5) is 0 Å². The number of ether oxygens (including phenoxy) is 3. The minimum Gasteiger partial charge on any atom is -0.379 e. The van der Waals surface area contributed by atoms with Gasteiger partial charge in [-0.25, -0.2) is 4.98 Å². The molecule has 2 aromatic rings. The molecule has 3 rings (SSSR count). The number of rotatable bonds is 11. The lowest BCUT2D eigenvalue weighted by atomic mass is 10.1. The molecule has 11 heteroatoms. The number of unbranched alkanes of at least 4 members (excludes halogenated alkanes) is 4. The van der Waals surface area contributed by atoms with E-state index in [0.29, 0.717) is 29.8 Å². The number of aromatic nitrogens is 2. The minimum atomic E-state index is -1.50. The molecule has 0 unspecified atom stereocenters. The topological polar surface area (TPSA) is 109 Å². The van der Waals surface area contributed by atoms with E-state index in [1.807, 2.05) is 16.8 Å². The fourth-order valence-corrected chi connectivity index (χ4v) is 3.95. The summed E-state index contributed by atoms with van der Waals surface area (Å²) in [5.41, 5.74) is 0.759. The summed E-state index contributed by atoms with van der Waals surface area (Å²) in [6, 6.07) is 5.37. The van der Waals surface area contributed by atoms with E-state index >= 15 is 0 Å². The van der Waals surface area contributed by atoms with Crippen LogP contribution in [0, 0.1) is 10.1 Å². The third-order valence-corrected chi connectivity index (χ3v) is 5.39. The second-order valence-corrected chi connectivity index (χ2v) is 8.23. The van der Waals surface area contributed by atoms with Crippen molar-refractivity contribution >= 4 is 23.2 Å². The molecule has 2 atom stereocenters. The first-order valence-corrected chi connectivity index (χ1v) is 11.3. The molecule has 1 aromatic heterocycles. The highest BCUT2D eigenvalue weighted by molar-refractivity contribution is 6.35. The zero-order valence-corrected chi connectivity index (χ0v) is 19.5. The molecule has 1 N–H and O–H groups in total. The first-order valence-electron chi connectivity index (χ1n) is 10.5. The summed E-state index contributed by atoms with van der Waals surface area (Å²) in [4.78, 5) is 12.5. The quantitative estimate of drug-likeness (QED) is 0.265. The van der Waals surface area contributed by atoms with Gasteiger partial charge >= 0.3 is 0 Å². The number of hydrogen-bond acceptors (Lipinski definition) is 6. The summed E-state index contributed by atoms with van der Waals surface area (Å²) >= 11 is 12.5. The first kappa shape index (κ1) is 26.3. The van der Waals surface area contributed by atoms with Crippen LogP contribution in [-0.2, 0) is 26.5 Å². The van der Waals surface area contributed by atoms with Crippen LogP contribution in [0.25, 0.3) is 0 Å². The highest BCUT2D eigenvalue weighted by atomic mass is 35.5. The molecule has 178 valence electrons. The molecule has 0 spiro atoms. The number of imidazole rings is 1. The summed E-state index contributed by atoms with van der Waals surface area (Å²) < 4.78 is 20.3. The summed E-state index contributed by atoms with van der Waals surface area (Å²) in [6.07, 6.45) is 11.3. The summed E-state index contributed by atoms with van der Waals surface area (Å²) in [5, 5.41) is 14.7. The van der Waals surface area contributed by atoms with Crippen molar-refractivity contribution in [2.75, 3.05) is 19.8 Å². The highest BCUT2D eigenvalue weighted by Crippen LogP contribution is 2.40. The van der Waals surface area contributed by atoms with Crippen molar-refractivity contribution in [1.82, 2.24) is 9.55 Å². The van der Waals surface area contributed by atoms with Crippen LogP contribution in [0.5, 0.6) is 0 Å². The van der Waals surface area contributed by atoms with Crippen LogP contribution < -0.4 is 0 Å². The van der Waals surface area contributed by atoms with E-state index in [9.17, 15) is 0 Å². The van der Waals surface area contributed by atoms with Gasteiger partial charge in [-0.3, -0.25) is 0 Å². The second kappa shape index (κ2) is 13.6. The lowest BCUT2D eigenvalue weighted by molar-refractivity contribution is -0.742. The Balaban J connectivity index is 0.000000837. The second-order valence-electron chi connectivity index (χ2n) is 7.39. The van der Waals surface area contributed by atoms with Crippen molar-refractivity contribution in [1.29, 1.82) is 0 Å². The molecule has 1 aromatic carbocycles. The fourth-order valence-electron chi connectivity index (χ4n) is 3.40. The van der Waals surface area contributed by atoms with Crippen molar-refractivity contribution < 1.29 is 24.5 Å². The Hall–Kier alpha value is -1.91. The molecular formula is C21H29Cl2N3O6. The number of nitrogens with zero attached hydrogens (tertiary/aromatic N) is 3. The molecule has 0 amide bonds. The maximum Gasteiger partial charge on any atom is 0.291 e. The maximum atomic E-state index is 8.36. The zero-order chi connectivity index (χ0) is 23.4. The van der Waals surface area contributed by atoms with E-state index in [2.05, 4.69) is 11.9 Å². The van der Waals surface area contributed by atoms with Crippen LogP contribution in [0.3, 0.4) is 0 Å². The van der Waals surface area contributed by atoms with Crippen LogP contribution in [0.2, 0.25) is 10.0 Å². The third kappa shape index (κ3) is 8.55. The van der Waals surface area contributed by atoms with Gasteiger partial charge in [-0.1, -0.05) is 61.9 Å². The van der Waals surface area contributed by atoms with Gasteiger partial charge in [0.2, 0.25) is 5.79 Å².